The number of nitrogens with zero attached hydrogens (tertiary/aromatic N) is 6. The van der Waals surface area contributed by atoms with Crippen LogP contribution in [0.2, 0.25) is 0 Å². The van der Waals surface area contributed by atoms with Crippen molar-refractivity contribution in [3.63, 3.8) is 0 Å². The van der Waals surface area contributed by atoms with E-state index < -0.39 is 0 Å². The fourth-order valence-electron chi connectivity index (χ4n) is 5.42. The number of aromatic nitrogens is 4. The number of carbonyl (C=O) groups is 1. The van der Waals surface area contributed by atoms with E-state index in [-0.39, 0.29) is 11.9 Å². The van der Waals surface area contributed by atoms with Gasteiger partial charge in [0.1, 0.15) is 5.82 Å². The number of anilines is 3. The maximum atomic E-state index is 11.5. The highest BCUT2D eigenvalue weighted by atomic mass is 16.5. The van der Waals surface area contributed by atoms with E-state index in [9.17, 15) is 4.79 Å². The molecule has 2 aliphatic heterocycles. The third kappa shape index (κ3) is 5.54. The standard InChI is InChI=1S/C30H34N8O2/c1-2-27(39)33-24-9-3-21(4-10-24)20-36-13-11-25(12-14-36)38-30-26(19-32-38)29(37-15-17-40-18-16-37)34-28(35-30)22-5-7-23(31)8-6-22/h2-10,19,25H,1,11-18,20,31H2,(H,33,39). The van der Waals surface area contributed by atoms with E-state index in [4.69, 9.17) is 25.5 Å². The van der Waals surface area contributed by atoms with Crippen LogP contribution in [-0.4, -0.2) is 69.9 Å². The van der Waals surface area contributed by atoms with Crippen molar-refractivity contribution in [3.05, 3.63) is 72.9 Å². The lowest BCUT2D eigenvalue weighted by molar-refractivity contribution is -0.111. The number of likely N-dealkylation sites (tertiary alicyclic amines) is 1. The van der Waals surface area contributed by atoms with Crippen LogP contribution < -0.4 is 16.0 Å². The van der Waals surface area contributed by atoms with Crippen LogP contribution in [0.3, 0.4) is 0 Å². The molecular weight excluding hydrogens is 504 g/mol. The van der Waals surface area contributed by atoms with Gasteiger partial charge in [0, 0.05) is 49.7 Å². The zero-order valence-corrected chi connectivity index (χ0v) is 22.5. The molecular formula is C30H34N8O2. The smallest absolute Gasteiger partial charge is 0.247 e. The first-order valence-electron chi connectivity index (χ1n) is 13.8. The van der Waals surface area contributed by atoms with Crippen molar-refractivity contribution in [1.82, 2.24) is 24.6 Å². The van der Waals surface area contributed by atoms with Crippen molar-refractivity contribution in [3.8, 4) is 11.4 Å². The fourth-order valence-corrected chi connectivity index (χ4v) is 5.42. The predicted molar refractivity (Wildman–Crippen MR) is 157 cm³/mol. The van der Waals surface area contributed by atoms with Gasteiger partial charge >= 0.3 is 0 Å². The van der Waals surface area contributed by atoms with Crippen molar-refractivity contribution in [1.29, 1.82) is 0 Å². The highest BCUT2D eigenvalue weighted by Gasteiger charge is 2.26. The lowest BCUT2D eigenvalue weighted by atomic mass is 10.0. The number of benzene rings is 2. The second kappa shape index (κ2) is 11.4. The summed E-state index contributed by atoms with van der Waals surface area (Å²) in [5, 5.41) is 8.62. The SMILES string of the molecule is C=CC(=O)Nc1ccc(CN2CCC(n3ncc4c(N5CCOCC5)nc(-c5ccc(N)cc5)nc43)CC2)cc1. The van der Waals surface area contributed by atoms with E-state index in [1.807, 2.05) is 42.6 Å². The Balaban J connectivity index is 1.21. The van der Waals surface area contributed by atoms with Gasteiger partial charge in [0.2, 0.25) is 5.91 Å². The summed E-state index contributed by atoms with van der Waals surface area (Å²) in [6.45, 7) is 9.24. The Kier molecular flexibility index (Phi) is 7.43. The van der Waals surface area contributed by atoms with Crippen LogP contribution in [-0.2, 0) is 16.1 Å². The Morgan fingerprint density at radius 1 is 1.02 bits per heavy atom. The Morgan fingerprint density at radius 2 is 1.75 bits per heavy atom. The number of morpholine rings is 1. The van der Waals surface area contributed by atoms with Crippen molar-refractivity contribution < 1.29 is 9.53 Å². The molecule has 0 saturated carbocycles. The van der Waals surface area contributed by atoms with Crippen LogP contribution in [0.5, 0.6) is 0 Å². The molecule has 6 rings (SSSR count). The molecule has 40 heavy (non-hydrogen) atoms. The number of amides is 1. The Morgan fingerprint density at radius 3 is 2.45 bits per heavy atom. The molecule has 0 unspecified atom stereocenters. The minimum Gasteiger partial charge on any atom is -0.399 e. The second-order valence-electron chi connectivity index (χ2n) is 10.3. The molecule has 3 N–H and O–H groups in total. The van der Waals surface area contributed by atoms with Gasteiger partial charge in [-0.05, 0) is 60.9 Å². The summed E-state index contributed by atoms with van der Waals surface area (Å²) in [4.78, 5) is 26.3. The summed E-state index contributed by atoms with van der Waals surface area (Å²) in [6, 6.07) is 16.0. The van der Waals surface area contributed by atoms with Gasteiger partial charge in [-0.2, -0.15) is 5.10 Å². The monoisotopic (exact) mass is 538 g/mol. The van der Waals surface area contributed by atoms with Crippen molar-refractivity contribution in [2.75, 3.05) is 55.3 Å². The highest BCUT2D eigenvalue weighted by molar-refractivity contribution is 5.98. The van der Waals surface area contributed by atoms with Crippen LogP contribution >= 0.6 is 0 Å². The molecule has 0 aliphatic carbocycles. The van der Waals surface area contributed by atoms with Crippen LogP contribution in [0.15, 0.2) is 67.4 Å². The van der Waals surface area contributed by atoms with Gasteiger partial charge in [0.25, 0.3) is 0 Å². The number of nitrogen functional groups attached to an aromatic ring is 1. The summed E-state index contributed by atoms with van der Waals surface area (Å²) >= 11 is 0. The van der Waals surface area contributed by atoms with Gasteiger partial charge in [-0.15, -0.1) is 0 Å². The molecule has 10 nitrogen and oxygen atoms in total. The Hall–Kier alpha value is -4.28. The minimum atomic E-state index is -0.205. The molecule has 10 heteroatoms. The molecule has 4 heterocycles. The number of rotatable bonds is 7. The van der Waals surface area contributed by atoms with E-state index >= 15 is 0 Å². The molecule has 0 atom stereocenters. The fraction of sp³-hybridized carbons (Fsp3) is 0.333. The molecule has 2 aromatic carbocycles. The van der Waals surface area contributed by atoms with Gasteiger partial charge in [-0.1, -0.05) is 18.7 Å². The molecule has 2 fully saturated rings. The van der Waals surface area contributed by atoms with Crippen molar-refractivity contribution >= 4 is 34.1 Å². The number of nitrogens with two attached hydrogens (primary N) is 1. The lowest BCUT2D eigenvalue weighted by Gasteiger charge is -2.32. The number of fused-ring (bicyclic) bond motifs is 1. The third-order valence-electron chi connectivity index (χ3n) is 7.63. The van der Waals surface area contributed by atoms with Crippen LogP contribution in [0.4, 0.5) is 17.2 Å². The molecule has 206 valence electrons. The number of carbonyl (C=O) groups excluding carboxylic acids is 1. The van der Waals surface area contributed by atoms with Crippen molar-refractivity contribution in [2.45, 2.75) is 25.4 Å². The quantitative estimate of drug-likeness (QED) is 0.269. The van der Waals surface area contributed by atoms with Gasteiger partial charge < -0.3 is 20.7 Å². The average molecular weight is 539 g/mol. The van der Waals surface area contributed by atoms with Gasteiger partial charge in [-0.3, -0.25) is 9.69 Å². The Bertz CT molecular complexity index is 1480. The molecule has 2 saturated heterocycles. The zero-order chi connectivity index (χ0) is 27.5. The largest absolute Gasteiger partial charge is 0.399 e. The number of piperidine rings is 1. The first-order chi connectivity index (χ1) is 19.6. The van der Waals surface area contributed by atoms with Gasteiger partial charge in [-0.25, -0.2) is 14.6 Å². The third-order valence-corrected chi connectivity index (χ3v) is 7.63. The lowest BCUT2D eigenvalue weighted by Crippen LogP contribution is -2.37. The maximum absolute atomic E-state index is 11.5. The highest BCUT2D eigenvalue weighted by Crippen LogP contribution is 2.32. The second-order valence-corrected chi connectivity index (χ2v) is 10.3. The topological polar surface area (TPSA) is 114 Å². The number of nitrogens with one attached hydrogen (secondary N) is 1. The predicted octanol–water partition coefficient (Wildman–Crippen LogP) is 3.87. The van der Waals surface area contributed by atoms with E-state index in [2.05, 4.69) is 38.5 Å². The summed E-state index contributed by atoms with van der Waals surface area (Å²) in [5.74, 6) is 1.39. The summed E-state index contributed by atoms with van der Waals surface area (Å²) in [6.07, 6.45) is 5.16. The summed E-state index contributed by atoms with van der Waals surface area (Å²) < 4.78 is 7.70. The average Bonchev–Trinajstić information content (AvgIpc) is 3.43. The number of hydrogen-bond donors (Lipinski definition) is 2. The summed E-state index contributed by atoms with van der Waals surface area (Å²) in [5.41, 5.74) is 10.4. The maximum Gasteiger partial charge on any atom is 0.247 e. The molecule has 0 bridgehead atoms. The van der Waals surface area contributed by atoms with E-state index in [0.29, 0.717) is 24.7 Å². The van der Waals surface area contributed by atoms with Crippen molar-refractivity contribution in [2.24, 2.45) is 0 Å². The molecule has 2 aromatic heterocycles. The van der Waals surface area contributed by atoms with Gasteiger partial charge in [0.15, 0.2) is 11.5 Å². The minimum absolute atomic E-state index is 0.205. The molecule has 0 spiro atoms. The molecule has 4 aromatic rings. The van der Waals surface area contributed by atoms with E-state index in [1.165, 1.54) is 11.6 Å². The van der Waals surface area contributed by atoms with Crippen LogP contribution in [0, 0.1) is 0 Å². The first kappa shape index (κ1) is 26.0. The number of ether oxygens (including phenoxy) is 1. The summed E-state index contributed by atoms with van der Waals surface area (Å²) in [7, 11) is 0. The molecule has 1 amide bonds. The van der Waals surface area contributed by atoms with E-state index in [1.54, 1.807) is 0 Å². The van der Waals surface area contributed by atoms with Crippen LogP contribution in [0.25, 0.3) is 22.4 Å². The molecule has 2 aliphatic rings. The number of hydrogen-bond acceptors (Lipinski definition) is 8. The normalized spacial score (nSPS) is 16.8. The zero-order valence-electron chi connectivity index (χ0n) is 22.5. The molecule has 0 radical (unpaired) electrons. The Labute approximate surface area is 233 Å². The van der Waals surface area contributed by atoms with Gasteiger partial charge in [0.05, 0.1) is 30.8 Å². The first-order valence-corrected chi connectivity index (χ1v) is 13.8. The van der Waals surface area contributed by atoms with Crippen LogP contribution in [0.1, 0.15) is 24.4 Å². The van der Waals surface area contributed by atoms with E-state index in [0.717, 1.165) is 73.7 Å².